The van der Waals surface area contributed by atoms with E-state index in [2.05, 4.69) is 10.3 Å². The van der Waals surface area contributed by atoms with Crippen LogP contribution in [0.15, 0.2) is 4.99 Å². The number of hydrogen-bond acceptors (Lipinski definition) is 1. The van der Waals surface area contributed by atoms with Crippen molar-refractivity contribution in [3.8, 4) is 0 Å². The second-order valence-corrected chi connectivity index (χ2v) is 3.16. The molecule has 0 fully saturated rings. The van der Waals surface area contributed by atoms with Crippen LogP contribution in [-0.4, -0.2) is 17.8 Å². The zero-order valence-corrected chi connectivity index (χ0v) is 6.35. The molecule has 10 heavy (non-hydrogen) atoms. The summed E-state index contributed by atoms with van der Waals surface area (Å²) >= 11 is 0. The normalized spacial score (nSPS) is 23.6. The van der Waals surface area contributed by atoms with Gasteiger partial charge in [0.2, 0.25) is 0 Å². The standard InChI is InChI=1S/C7H12N2O/c1-7(2)4-3-5-8-6(10)9-7/h5H,3-4H2,1-2H3,(H,9,10). The van der Waals surface area contributed by atoms with Crippen LogP contribution in [0.5, 0.6) is 0 Å². The maximum absolute atomic E-state index is 10.8. The van der Waals surface area contributed by atoms with Crippen LogP contribution in [0, 0.1) is 0 Å². The van der Waals surface area contributed by atoms with Gasteiger partial charge in [-0.05, 0) is 26.7 Å². The van der Waals surface area contributed by atoms with E-state index in [0.29, 0.717) is 0 Å². The molecule has 0 bridgehead atoms. The molecule has 0 unspecified atom stereocenters. The Kier molecular flexibility index (Phi) is 1.74. The van der Waals surface area contributed by atoms with Gasteiger partial charge in [-0.1, -0.05) is 0 Å². The van der Waals surface area contributed by atoms with E-state index in [1.54, 1.807) is 6.21 Å². The van der Waals surface area contributed by atoms with E-state index in [4.69, 9.17) is 0 Å². The highest BCUT2D eigenvalue weighted by Crippen LogP contribution is 2.12. The summed E-state index contributed by atoms with van der Waals surface area (Å²) in [6.45, 7) is 4.00. The lowest BCUT2D eigenvalue weighted by molar-refractivity contribution is 0.238. The Hall–Kier alpha value is -0.860. The molecule has 3 heteroatoms. The first kappa shape index (κ1) is 7.25. The van der Waals surface area contributed by atoms with E-state index >= 15 is 0 Å². The predicted molar refractivity (Wildman–Crippen MR) is 40.3 cm³/mol. The highest BCUT2D eigenvalue weighted by Gasteiger charge is 2.20. The van der Waals surface area contributed by atoms with Gasteiger partial charge in [0.25, 0.3) is 0 Å². The SMILES string of the molecule is CC1(C)CCC=NC(=O)N1. The van der Waals surface area contributed by atoms with Crippen molar-refractivity contribution in [3.63, 3.8) is 0 Å². The van der Waals surface area contributed by atoms with Crippen LogP contribution in [0.3, 0.4) is 0 Å². The Morgan fingerprint density at radius 1 is 1.70 bits per heavy atom. The van der Waals surface area contributed by atoms with Crippen LogP contribution >= 0.6 is 0 Å². The van der Waals surface area contributed by atoms with Crippen molar-refractivity contribution in [3.05, 3.63) is 0 Å². The summed E-state index contributed by atoms with van der Waals surface area (Å²) in [5.74, 6) is 0. The molecule has 3 nitrogen and oxygen atoms in total. The Labute approximate surface area is 60.5 Å². The molecular weight excluding hydrogens is 128 g/mol. The molecule has 0 aromatic carbocycles. The minimum Gasteiger partial charge on any atom is -0.331 e. The number of nitrogens with one attached hydrogen (secondary N) is 1. The number of hydrogen-bond donors (Lipinski definition) is 1. The molecule has 2 amide bonds. The van der Waals surface area contributed by atoms with E-state index in [-0.39, 0.29) is 11.6 Å². The van der Waals surface area contributed by atoms with Crippen molar-refractivity contribution in [2.45, 2.75) is 32.2 Å². The van der Waals surface area contributed by atoms with E-state index in [9.17, 15) is 4.79 Å². The third-order valence-electron chi connectivity index (χ3n) is 1.55. The van der Waals surface area contributed by atoms with Crippen LogP contribution in [-0.2, 0) is 0 Å². The molecule has 0 aromatic rings. The third-order valence-corrected chi connectivity index (χ3v) is 1.55. The number of carbonyl (C=O) groups excluding carboxylic acids is 1. The summed E-state index contributed by atoms with van der Waals surface area (Å²) in [4.78, 5) is 14.4. The highest BCUT2D eigenvalue weighted by molar-refractivity contribution is 5.84. The van der Waals surface area contributed by atoms with Gasteiger partial charge in [0.15, 0.2) is 0 Å². The minimum absolute atomic E-state index is 0.0897. The molecule has 1 aliphatic rings. The summed E-state index contributed by atoms with van der Waals surface area (Å²) in [5.41, 5.74) is -0.0897. The largest absolute Gasteiger partial charge is 0.340 e. The molecule has 0 spiro atoms. The average molecular weight is 140 g/mol. The Morgan fingerprint density at radius 2 is 2.40 bits per heavy atom. The summed E-state index contributed by atoms with van der Waals surface area (Å²) < 4.78 is 0. The minimum atomic E-state index is -0.220. The fourth-order valence-corrected chi connectivity index (χ4v) is 0.957. The number of aliphatic imine (C=N–C) groups is 1. The second kappa shape index (κ2) is 2.40. The molecule has 0 aromatic heterocycles. The number of urea groups is 1. The van der Waals surface area contributed by atoms with Gasteiger partial charge in [0, 0.05) is 11.8 Å². The Morgan fingerprint density at radius 3 is 3.10 bits per heavy atom. The lowest BCUT2D eigenvalue weighted by Gasteiger charge is -2.22. The zero-order chi connectivity index (χ0) is 7.61. The van der Waals surface area contributed by atoms with E-state index < -0.39 is 0 Å². The monoisotopic (exact) mass is 140 g/mol. The van der Waals surface area contributed by atoms with Crippen molar-refractivity contribution in [1.29, 1.82) is 0 Å². The van der Waals surface area contributed by atoms with Crippen LogP contribution in [0.25, 0.3) is 0 Å². The summed E-state index contributed by atoms with van der Waals surface area (Å²) in [5, 5.41) is 2.78. The van der Waals surface area contributed by atoms with Crippen molar-refractivity contribution in [1.82, 2.24) is 5.32 Å². The summed E-state index contributed by atoms with van der Waals surface area (Å²) in [7, 11) is 0. The third kappa shape index (κ3) is 1.83. The van der Waals surface area contributed by atoms with Crippen molar-refractivity contribution in [2.75, 3.05) is 0 Å². The topological polar surface area (TPSA) is 41.5 Å². The Balaban J connectivity index is 2.64. The van der Waals surface area contributed by atoms with Crippen molar-refractivity contribution < 1.29 is 4.79 Å². The van der Waals surface area contributed by atoms with Crippen LogP contribution in [0.2, 0.25) is 0 Å². The van der Waals surface area contributed by atoms with E-state index in [0.717, 1.165) is 12.8 Å². The van der Waals surface area contributed by atoms with Crippen molar-refractivity contribution in [2.24, 2.45) is 4.99 Å². The fourth-order valence-electron chi connectivity index (χ4n) is 0.957. The quantitative estimate of drug-likeness (QED) is 0.542. The molecule has 0 saturated heterocycles. The molecule has 0 atom stereocenters. The predicted octanol–water partition coefficient (Wildman–Crippen LogP) is 1.34. The fraction of sp³-hybridized carbons (Fsp3) is 0.714. The molecule has 1 heterocycles. The lowest BCUT2D eigenvalue weighted by atomic mass is 10.00. The molecular formula is C7H12N2O. The highest BCUT2D eigenvalue weighted by atomic mass is 16.2. The molecule has 0 saturated carbocycles. The van der Waals surface area contributed by atoms with Crippen molar-refractivity contribution >= 4 is 12.2 Å². The zero-order valence-electron chi connectivity index (χ0n) is 6.35. The van der Waals surface area contributed by atoms with Gasteiger partial charge < -0.3 is 5.32 Å². The molecule has 0 aliphatic carbocycles. The van der Waals surface area contributed by atoms with Gasteiger partial charge in [0.1, 0.15) is 0 Å². The van der Waals surface area contributed by atoms with Gasteiger partial charge in [0.05, 0.1) is 0 Å². The summed E-state index contributed by atoms with van der Waals surface area (Å²) in [6, 6.07) is -0.220. The first-order valence-corrected chi connectivity index (χ1v) is 3.45. The molecule has 1 rings (SSSR count). The van der Waals surface area contributed by atoms with Crippen LogP contribution in [0.4, 0.5) is 4.79 Å². The maximum Gasteiger partial charge on any atom is 0.340 e. The molecule has 1 aliphatic heterocycles. The molecule has 0 radical (unpaired) electrons. The van der Waals surface area contributed by atoms with Gasteiger partial charge in [-0.3, -0.25) is 0 Å². The van der Waals surface area contributed by atoms with Gasteiger partial charge in [-0.25, -0.2) is 9.79 Å². The van der Waals surface area contributed by atoms with E-state index in [1.807, 2.05) is 13.8 Å². The number of rotatable bonds is 0. The van der Waals surface area contributed by atoms with Gasteiger partial charge in [-0.2, -0.15) is 0 Å². The number of carbonyl (C=O) groups is 1. The first-order valence-electron chi connectivity index (χ1n) is 3.45. The maximum atomic E-state index is 10.8. The first-order chi connectivity index (χ1) is 4.60. The average Bonchev–Trinajstić information content (AvgIpc) is 1.90. The smallest absolute Gasteiger partial charge is 0.331 e. The number of nitrogens with zero attached hydrogens (tertiary/aromatic N) is 1. The van der Waals surface area contributed by atoms with Gasteiger partial charge >= 0.3 is 6.03 Å². The number of amides is 2. The van der Waals surface area contributed by atoms with Crippen LogP contribution in [0.1, 0.15) is 26.7 Å². The Bertz CT molecular complexity index is 172. The van der Waals surface area contributed by atoms with E-state index in [1.165, 1.54) is 0 Å². The second-order valence-electron chi connectivity index (χ2n) is 3.16. The molecule has 1 N–H and O–H groups in total. The lowest BCUT2D eigenvalue weighted by Crippen LogP contribution is -2.40. The van der Waals surface area contributed by atoms with Crippen LogP contribution < -0.4 is 5.32 Å². The summed E-state index contributed by atoms with van der Waals surface area (Å²) in [6.07, 6.45) is 3.51. The van der Waals surface area contributed by atoms with Gasteiger partial charge in [-0.15, -0.1) is 0 Å². The molecule has 56 valence electrons.